The molecule has 5 nitrogen and oxygen atoms in total. The standard InChI is InChI=1S/C13H17ClN2O3/c1-4-15-13(2,3)12(19)16-10-6-5-8(14)7-9(10)11(17)18/h5-7,15H,4H2,1-3H3,(H,16,19)(H,17,18). The largest absolute Gasteiger partial charge is 0.478 e. The number of hydrogen-bond donors (Lipinski definition) is 3. The van der Waals surface area contributed by atoms with Crippen molar-refractivity contribution >= 4 is 29.2 Å². The zero-order valence-electron chi connectivity index (χ0n) is 11.1. The molecule has 1 aromatic rings. The van der Waals surface area contributed by atoms with E-state index >= 15 is 0 Å². The summed E-state index contributed by atoms with van der Waals surface area (Å²) in [6.07, 6.45) is 0. The molecule has 0 fully saturated rings. The maximum absolute atomic E-state index is 12.1. The van der Waals surface area contributed by atoms with Crippen LogP contribution in [-0.4, -0.2) is 29.1 Å². The van der Waals surface area contributed by atoms with Crippen molar-refractivity contribution in [2.24, 2.45) is 0 Å². The molecule has 6 heteroatoms. The molecule has 0 saturated carbocycles. The van der Waals surface area contributed by atoms with Crippen LogP contribution in [0.2, 0.25) is 5.02 Å². The number of likely N-dealkylation sites (N-methyl/N-ethyl adjacent to an activating group) is 1. The summed E-state index contributed by atoms with van der Waals surface area (Å²) in [6, 6.07) is 4.31. The van der Waals surface area contributed by atoms with Crippen molar-refractivity contribution in [1.82, 2.24) is 5.32 Å². The first-order valence-corrected chi connectivity index (χ1v) is 6.25. The maximum Gasteiger partial charge on any atom is 0.337 e. The van der Waals surface area contributed by atoms with E-state index in [1.165, 1.54) is 18.2 Å². The minimum absolute atomic E-state index is 0.0341. The zero-order chi connectivity index (χ0) is 14.6. The van der Waals surface area contributed by atoms with Gasteiger partial charge in [-0.15, -0.1) is 0 Å². The van der Waals surface area contributed by atoms with Crippen LogP contribution in [0.1, 0.15) is 31.1 Å². The fourth-order valence-corrected chi connectivity index (χ4v) is 1.78. The number of carboxylic acid groups (broad SMARTS) is 1. The molecular formula is C13H17ClN2O3. The van der Waals surface area contributed by atoms with Gasteiger partial charge in [-0.05, 0) is 38.6 Å². The van der Waals surface area contributed by atoms with Crippen molar-refractivity contribution in [3.05, 3.63) is 28.8 Å². The highest BCUT2D eigenvalue weighted by molar-refractivity contribution is 6.31. The third-order valence-electron chi connectivity index (χ3n) is 2.65. The predicted molar refractivity (Wildman–Crippen MR) is 74.8 cm³/mol. The molecule has 0 heterocycles. The monoisotopic (exact) mass is 284 g/mol. The van der Waals surface area contributed by atoms with Crippen LogP contribution >= 0.6 is 11.6 Å². The van der Waals surface area contributed by atoms with E-state index in [9.17, 15) is 9.59 Å². The van der Waals surface area contributed by atoms with Gasteiger partial charge in [0.1, 0.15) is 0 Å². The number of carbonyl (C=O) groups is 2. The Balaban J connectivity index is 3.00. The average Bonchev–Trinajstić information content (AvgIpc) is 2.30. The van der Waals surface area contributed by atoms with Crippen LogP contribution in [0.4, 0.5) is 5.69 Å². The highest BCUT2D eigenvalue weighted by Gasteiger charge is 2.27. The molecule has 0 radical (unpaired) electrons. The van der Waals surface area contributed by atoms with Crippen molar-refractivity contribution in [3.63, 3.8) is 0 Å². The molecule has 0 bridgehead atoms. The SMILES string of the molecule is CCNC(C)(C)C(=O)Nc1ccc(Cl)cc1C(=O)O. The van der Waals surface area contributed by atoms with Gasteiger partial charge >= 0.3 is 5.97 Å². The Labute approximate surface area is 117 Å². The molecule has 0 aromatic heterocycles. The predicted octanol–water partition coefficient (Wildman–Crippen LogP) is 2.36. The highest BCUT2D eigenvalue weighted by Crippen LogP contribution is 2.21. The second-order valence-electron chi connectivity index (χ2n) is 4.60. The van der Waals surface area contributed by atoms with Gasteiger partial charge in [0, 0.05) is 5.02 Å². The van der Waals surface area contributed by atoms with Gasteiger partial charge in [0.15, 0.2) is 0 Å². The van der Waals surface area contributed by atoms with Gasteiger partial charge < -0.3 is 15.7 Å². The second-order valence-corrected chi connectivity index (χ2v) is 5.04. The summed E-state index contributed by atoms with van der Waals surface area (Å²) in [7, 11) is 0. The summed E-state index contributed by atoms with van der Waals surface area (Å²) < 4.78 is 0. The first-order valence-electron chi connectivity index (χ1n) is 5.87. The Hall–Kier alpha value is -1.59. The number of benzene rings is 1. The van der Waals surface area contributed by atoms with E-state index in [-0.39, 0.29) is 17.2 Å². The van der Waals surface area contributed by atoms with Crippen molar-refractivity contribution in [2.45, 2.75) is 26.3 Å². The number of rotatable bonds is 5. The Kier molecular flexibility index (Phi) is 4.91. The van der Waals surface area contributed by atoms with Crippen LogP contribution in [0.5, 0.6) is 0 Å². The molecule has 104 valence electrons. The summed E-state index contributed by atoms with van der Waals surface area (Å²) in [6.45, 7) is 5.97. The van der Waals surface area contributed by atoms with E-state index in [1.54, 1.807) is 13.8 Å². The number of hydrogen-bond acceptors (Lipinski definition) is 3. The molecule has 0 aliphatic rings. The molecule has 0 unspecified atom stereocenters. The molecule has 0 spiro atoms. The number of anilines is 1. The Bertz CT molecular complexity index is 501. The first kappa shape index (κ1) is 15.5. The van der Waals surface area contributed by atoms with Crippen molar-refractivity contribution < 1.29 is 14.7 Å². The average molecular weight is 285 g/mol. The van der Waals surface area contributed by atoms with E-state index in [4.69, 9.17) is 16.7 Å². The maximum atomic E-state index is 12.1. The molecule has 0 aliphatic carbocycles. The van der Waals surface area contributed by atoms with Gasteiger partial charge in [-0.1, -0.05) is 18.5 Å². The molecule has 0 saturated heterocycles. The lowest BCUT2D eigenvalue weighted by Crippen LogP contribution is -2.49. The van der Waals surface area contributed by atoms with Crippen LogP contribution in [0.25, 0.3) is 0 Å². The van der Waals surface area contributed by atoms with Crippen LogP contribution in [0, 0.1) is 0 Å². The molecule has 1 aromatic carbocycles. The molecular weight excluding hydrogens is 268 g/mol. The topological polar surface area (TPSA) is 78.4 Å². The molecule has 0 aliphatic heterocycles. The van der Waals surface area contributed by atoms with E-state index in [0.717, 1.165) is 0 Å². The summed E-state index contributed by atoms with van der Waals surface area (Å²) in [4.78, 5) is 23.2. The Morgan fingerprint density at radius 3 is 2.53 bits per heavy atom. The minimum atomic E-state index is -1.14. The fourth-order valence-electron chi connectivity index (χ4n) is 1.60. The van der Waals surface area contributed by atoms with Crippen LogP contribution in [0.3, 0.4) is 0 Å². The molecule has 0 atom stereocenters. The lowest BCUT2D eigenvalue weighted by atomic mass is 10.0. The van der Waals surface area contributed by atoms with Crippen LogP contribution in [-0.2, 0) is 4.79 Å². The Morgan fingerprint density at radius 1 is 1.37 bits per heavy atom. The van der Waals surface area contributed by atoms with Crippen LogP contribution < -0.4 is 10.6 Å². The van der Waals surface area contributed by atoms with Gasteiger partial charge in [-0.25, -0.2) is 4.79 Å². The van der Waals surface area contributed by atoms with Gasteiger partial charge in [0.25, 0.3) is 0 Å². The molecule has 3 N–H and O–H groups in total. The van der Waals surface area contributed by atoms with E-state index in [1.807, 2.05) is 6.92 Å². The summed E-state index contributed by atoms with van der Waals surface area (Å²) in [5.74, 6) is -1.45. The number of carboxylic acids is 1. The summed E-state index contributed by atoms with van der Waals surface area (Å²) >= 11 is 5.75. The normalized spacial score (nSPS) is 11.2. The number of amides is 1. The molecule has 1 amide bonds. The van der Waals surface area contributed by atoms with E-state index in [0.29, 0.717) is 11.6 Å². The number of carbonyl (C=O) groups excluding carboxylic acids is 1. The van der Waals surface area contributed by atoms with Gasteiger partial charge in [-0.2, -0.15) is 0 Å². The minimum Gasteiger partial charge on any atom is -0.478 e. The number of halogens is 1. The Morgan fingerprint density at radius 2 is 2.00 bits per heavy atom. The number of aromatic carboxylic acids is 1. The zero-order valence-corrected chi connectivity index (χ0v) is 11.8. The molecule has 1 rings (SSSR count). The molecule has 19 heavy (non-hydrogen) atoms. The highest BCUT2D eigenvalue weighted by atomic mass is 35.5. The smallest absolute Gasteiger partial charge is 0.337 e. The number of nitrogens with one attached hydrogen (secondary N) is 2. The van der Waals surface area contributed by atoms with E-state index in [2.05, 4.69) is 10.6 Å². The lowest BCUT2D eigenvalue weighted by Gasteiger charge is -2.24. The fraction of sp³-hybridized carbons (Fsp3) is 0.385. The summed E-state index contributed by atoms with van der Waals surface area (Å²) in [5.41, 5.74) is -0.592. The van der Waals surface area contributed by atoms with Crippen molar-refractivity contribution in [2.75, 3.05) is 11.9 Å². The first-order chi connectivity index (χ1) is 8.77. The van der Waals surface area contributed by atoms with Gasteiger partial charge in [-0.3, -0.25) is 4.79 Å². The van der Waals surface area contributed by atoms with Gasteiger partial charge in [0.05, 0.1) is 16.8 Å². The van der Waals surface area contributed by atoms with Crippen LogP contribution in [0.15, 0.2) is 18.2 Å². The lowest BCUT2D eigenvalue weighted by molar-refractivity contribution is -0.121. The third-order valence-corrected chi connectivity index (χ3v) is 2.88. The van der Waals surface area contributed by atoms with Crippen molar-refractivity contribution in [3.8, 4) is 0 Å². The third kappa shape index (κ3) is 3.94. The van der Waals surface area contributed by atoms with E-state index < -0.39 is 11.5 Å². The van der Waals surface area contributed by atoms with Gasteiger partial charge in [0.2, 0.25) is 5.91 Å². The second kappa shape index (κ2) is 6.04. The van der Waals surface area contributed by atoms with Crippen molar-refractivity contribution in [1.29, 1.82) is 0 Å². The quantitative estimate of drug-likeness (QED) is 0.776. The summed E-state index contributed by atoms with van der Waals surface area (Å²) in [5, 5.41) is 15.0.